The van der Waals surface area contributed by atoms with Crippen LogP contribution in [0.1, 0.15) is 34.6 Å². The lowest BCUT2D eigenvalue weighted by molar-refractivity contribution is -0.119. The van der Waals surface area contributed by atoms with Crippen LogP contribution in [0.15, 0.2) is 5.16 Å². The quantitative estimate of drug-likeness (QED) is 0.707. The number of aromatic nitrogens is 3. The molecule has 25 heavy (non-hydrogen) atoms. The average molecular weight is 370 g/mol. The van der Waals surface area contributed by atoms with Gasteiger partial charge in [0.05, 0.1) is 19.0 Å². The van der Waals surface area contributed by atoms with Crippen LogP contribution in [0.2, 0.25) is 0 Å². The first kappa shape index (κ1) is 20.0. The van der Waals surface area contributed by atoms with Crippen molar-refractivity contribution >= 4 is 23.6 Å². The summed E-state index contributed by atoms with van der Waals surface area (Å²) in [7, 11) is 0. The molecule has 0 radical (unpaired) electrons. The van der Waals surface area contributed by atoms with Gasteiger partial charge in [0.15, 0.2) is 5.16 Å². The summed E-state index contributed by atoms with van der Waals surface area (Å²) >= 11 is 1.46. The van der Waals surface area contributed by atoms with Crippen LogP contribution >= 0.6 is 11.8 Å². The molecule has 0 aliphatic carbocycles. The number of hydrogen-bond acceptors (Lipinski definition) is 6. The minimum atomic E-state index is 0.0400. The van der Waals surface area contributed by atoms with Crippen molar-refractivity contribution < 1.29 is 9.53 Å². The predicted octanol–water partition coefficient (Wildman–Crippen LogP) is 2.02. The van der Waals surface area contributed by atoms with Gasteiger partial charge in [0.1, 0.15) is 0 Å². The molecule has 1 fully saturated rings. The predicted molar refractivity (Wildman–Crippen MR) is 101 cm³/mol. The molecule has 1 amide bonds. The van der Waals surface area contributed by atoms with Gasteiger partial charge in [-0.3, -0.25) is 9.36 Å². The van der Waals surface area contributed by atoms with Crippen LogP contribution in [0.3, 0.4) is 0 Å². The Balaban J connectivity index is 2.04. The molecule has 2 heterocycles. The normalized spacial score (nSPS) is 16.5. The van der Waals surface area contributed by atoms with E-state index in [1.165, 1.54) is 11.8 Å². The molecule has 1 aliphatic rings. The molecule has 1 atom stereocenters. The van der Waals surface area contributed by atoms with Crippen molar-refractivity contribution in [2.24, 2.45) is 11.8 Å². The fourth-order valence-corrected chi connectivity index (χ4v) is 3.26. The van der Waals surface area contributed by atoms with Crippen molar-refractivity contribution in [2.75, 3.05) is 37.0 Å². The molecule has 1 N–H and O–H groups in total. The molecule has 0 saturated carbocycles. The second kappa shape index (κ2) is 9.43. The van der Waals surface area contributed by atoms with E-state index in [1.54, 1.807) is 0 Å². The Hall–Kier alpha value is -1.28. The zero-order valence-electron chi connectivity index (χ0n) is 16.0. The van der Waals surface area contributed by atoms with Crippen LogP contribution in [-0.2, 0) is 16.1 Å². The third-order valence-electron chi connectivity index (χ3n) is 4.26. The molecule has 0 bridgehead atoms. The zero-order chi connectivity index (χ0) is 18.4. The molecule has 1 saturated heterocycles. The third kappa shape index (κ3) is 5.88. The van der Waals surface area contributed by atoms with E-state index in [2.05, 4.69) is 52.7 Å². The Morgan fingerprint density at radius 2 is 1.88 bits per heavy atom. The van der Waals surface area contributed by atoms with Gasteiger partial charge in [0.25, 0.3) is 0 Å². The Labute approximate surface area is 154 Å². The smallest absolute Gasteiger partial charge is 0.230 e. The highest BCUT2D eigenvalue weighted by atomic mass is 32.2. The SMILES string of the molecule is CC(C)Cn1c(SCC(=O)NC(C)C(C)C)nnc1N1CCOCC1. The van der Waals surface area contributed by atoms with Gasteiger partial charge >= 0.3 is 0 Å². The van der Waals surface area contributed by atoms with Gasteiger partial charge in [-0.25, -0.2) is 0 Å². The van der Waals surface area contributed by atoms with Crippen LogP contribution in [-0.4, -0.2) is 58.8 Å². The molecule has 1 aromatic heterocycles. The van der Waals surface area contributed by atoms with Crippen LogP contribution < -0.4 is 10.2 Å². The Morgan fingerprint density at radius 1 is 1.20 bits per heavy atom. The largest absolute Gasteiger partial charge is 0.378 e. The number of hydrogen-bond donors (Lipinski definition) is 1. The lowest BCUT2D eigenvalue weighted by atomic mass is 10.1. The summed E-state index contributed by atoms with van der Waals surface area (Å²) < 4.78 is 7.57. The third-order valence-corrected chi connectivity index (χ3v) is 5.23. The molecular weight excluding hydrogens is 338 g/mol. The number of nitrogens with one attached hydrogen (secondary N) is 1. The van der Waals surface area contributed by atoms with Crippen molar-refractivity contribution in [3.05, 3.63) is 0 Å². The van der Waals surface area contributed by atoms with Gasteiger partial charge < -0.3 is 15.0 Å². The summed E-state index contributed by atoms with van der Waals surface area (Å²) in [6, 6.07) is 0.172. The van der Waals surface area contributed by atoms with Crippen molar-refractivity contribution in [1.82, 2.24) is 20.1 Å². The van der Waals surface area contributed by atoms with Gasteiger partial charge in [-0.2, -0.15) is 0 Å². The summed E-state index contributed by atoms with van der Waals surface area (Å²) in [5.74, 6) is 2.18. The number of carbonyl (C=O) groups is 1. The first-order chi connectivity index (χ1) is 11.9. The van der Waals surface area contributed by atoms with Crippen LogP contribution in [0.25, 0.3) is 0 Å². The summed E-state index contributed by atoms with van der Waals surface area (Å²) in [4.78, 5) is 14.4. The molecule has 1 unspecified atom stereocenters. The maximum Gasteiger partial charge on any atom is 0.230 e. The summed E-state index contributed by atoms with van der Waals surface area (Å²) in [6.45, 7) is 14.5. The molecule has 8 heteroatoms. The summed E-state index contributed by atoms with van der Waals surface area (Å²) in [5.41, 5.74) is 0. The Bertz CT molecular complexity index is 555. The fraction of sp³-hybridized carbons (Fsp3) is 0.824. The molecule has 1 aliphatic heterocycles. The number of ether oxygens (including phenoxy) is 1. The highest BCUT2D eigenvalue weighted by molar-refractivity contribution is 7.99. The highest BCUT2D eigenvalue weighted by Gasteiger charge is 2.22. The fourth-order valence-electron chi connectivity index (χ4n) is 2.50. The van der Waals surface area contributed by atoms with Gasteiger partial charge in [0.2, 0.25) is 11.9 Å². The van der Waals surface area contributed by atoms with Crippen LogP contribution in [0.5, 0.6) is 0 Å². The number of morpholine rings is 1. The zero-order valence-corrected chi connectivity index (χ0v) is 16.8. The van der Waals surface area contributed by atoms with Gasteiger partial charge in [-0.1, -0.05) is 39.5 Å². The monoisotopic (exact) mass is 369 g/mol. The maximum absolute atomic E-state index is 12.2. The molecule has 0 aromatic carbocycles. The van der Waals surface area contributed by atoms with E-state index in [0.717, 1.165) is 30.7 Å². The maximum atomic E-state index is 12.2. The van der Waals surface area contributed by atoms with E-state index in [1.807, 2.05) is 6.92 Å². The number of thioether (sulfide) groups is 1. The minimum Gasteiger partial charge on any atom is -0.378 e. The number of carbonyl (C=O) groups excluding carboxylic acids is 1. The van der Waals surface area contributed by atoms with Crippen molar-refractivity contribution in [1.29, 1.82) is 0 Å². The first-order valence-corrected chi connectivity index (χ1v) is 10.0. The number of rotatable bonds is 8. The van der Waals surface area contributed by atoms with Crippen molar-refractivity contribution in [3.8, 4) is 0 Å². The molecular formula is C17H31N5O2S. The van der Waals surface area contributed by atoms with Gasteiger partial charge in [-0.15, -0.1) is 10.2 Å². The van der Waals surface area contributed by atoms with Gasteiger partial charge in [0, 0.05) is 25.7 Å². The van der Waals surface area contributed by atoms with Crippen molar-refractivity contribution in [2.45, 2.75) is 52.4 Å². The summed E-state index contributed by atoms with van der Waals surface area (Å²) in [6.07, 6.45) is 0. The number of amides is 1. The average Bonchev–Trinajstić information content (AvgIpc) is 2.95. The standard InChI is InChI=1S/C17H31N5O2S/c1-12(2)10-22-16(21-6-8-24-9-7-21)19-20-17(22)25-11-15(23)18-14(5)13(3)4/h12-14H,6-11H2,1-5H3,(H,18,23). The van der Waals surface area contributed by atoms with E-state index in [9.17, 15) is 4.79 Å². The molecule has 7 nitrogen and oxygen atoms in total. The molecule has 2 rings (SSSR count). The van der Waals surface area contributed by atoms with E-state index in [0.29, 0.717) is 30.8 Å². The van der Waals surface area contributed by atoms with Crippen LogP contribution in [0.4, 0.5) is 5.95 Å². The van der Waals surface area contributed by atoms with E-state index < -0.39 is 0 Å². The summed E-state index contributed by atoms with van der Waals surface area (Å²) in [5, 5.41) is 12.6. The number of nitrogens with zero attached hydrogens (tertiary/aromatic N) is 4. The van der Waals surface area contributed by atoms with Crippen molar-refractivity contribution in [3.63, 3.8) is 0 Å². The Morgan fingerprint density at radius 3 is 2.48 bits per heavy atom. The van der Waals surface area contributed by atoms with Gasteiger partial charge in [-0.05, 0) is 18.8 Å². The molecule has 1 aromatic rings. The van der Waals surface area contributed by atoms with E-state index in [4.69, 9.17) is 4.74 Å². The van der Waals surface area contributed by atoms with E-state index >= 15 is 0 Å². The topological polar surface area (TPSA) is 72.3 Å². The second-order valence-corrected chi connectivity index (χ2v) is 8.22. The molecule has 0 spiro atoms. The Kier molecular flexibility index (Phi) is 7.56. The lowest BCUT2D eigenvalue weighted by Crippen LogP contribution is -2.38. The number of anilines is 1. The minimum absolute atomic E-state index is 0.0400. The molecule has 142 valence electrons. The lowest BCUT2D eigenvalue weighted by Gasteiger charge is -2.28. The van der Waals surface area contributed by atoms with E-state index in [-0.39, 0.29) is 11.9 Å². The van der Waals surface area contributed by atoms with Crippen LogP contribution in [0, 0.1) is 11.8 Å². The highest BCUT2D eigenvalue weighted by Crippen LogP contribution is 2.24. The second-order valence-electron chi connectivity index (χ2n) is 7.28. The first-order valence-electron chi connectivity index (χ1n) is 9.06.